The number of hydrogen-bond donors (Lipinski definition) is 1. The van der Waals surface area contributed by atoms with Gasteiger partial charge in [-0.3, -0.25) is 0 Å². The van der Waals surface area contributed by atoms with Gasteiger partial charge in [0.05, 0.1) is 0 Å². The Labute approximate surface area is 100 Å². The Balaban J connectivity index is 2.79. The van der Waals surface area contributed by atoms with Crippen molar-refractivity contribution in [3.8, 4) is 0 Å². The molecule has 0 aliphatic rings. The first kappa shape index (κ1) is 13.2. The quantitative estimate of drug-likeness (QED) is 0.767. The van der Waals surface area contributed by atoms with E-state index in [1.54, 1.807) is 0 Å². The number of hydrogen-bond acceptors (Lipinski definition) is 1. The van der Waals surface area contributed by atoms with E-state index < -0.39 is 0 Å². The molecule has 0 aromatic heterocycles. The number of benzene rings is 1. The molecule has 1 aromatic carbocycles. The molecular weight excluding hydrogens is 194 g/mol. The largest absolute Gasteiger partial charge is 0.316 e. The molecule has 0 aliphatic carbocycles. The van der Waals surface area contributed by atoms with Gasteiger partial charge in [0.15, 0.2) is 0 Å². The Morgan fingerprint density at radius 1 is 1.12 bits per heavy atom. The SMILES string of the molecule is CCC(c1ccccc1)C(CC(C)C)NC. The minimum absolute atomic E-state index is 0.590. The summed E-state index contributed by atoms with van der Waals surface area (Å²) in [5, 5.41) is 3.48. The normalized spacial score (nSPS) is 15.1. The molecule has 16 heavy (non-hydrogen) atoms. The fourth-order valence-corrected chi connectivity index (χ4v) is 2.44. The highest BCUT2D eigenvalue weighted by Crippen LogP contribution is 2.26. The lowest BCUT2D eigenvalue weighted by Crippen LogP contribution is -2.33. The first-order chi connectivity index (χ1) is 7.69. The first-order valence-corrected chi connectivity index (χ1v) is 6.41. The van der Waals surface area contributed by atoms with Crippen molar-refractivity contribution in [1.82, 2.24) is 5.32 Å². The van der Waals surface area contributed by atoms with E-state index in [1.807, 2.05) is 0 Å². The molecule has 1 N–H and O–H groups in total. The molecule has 0 amide bonds. The van der Waals surface area contributed by atoms with E-state index in [4.69, 9.17) is 0 Å². The second kappa shape index (κ2) is 6.70. The lowest BCUT2D eigenvalue weighted by Gasteiger charge is -2.28. The van der Waals surface area contributed by atoms with Crippen LogP contribution in [0.2, 0.25) is 0 Å². The van der Waals surface area contributed by atoms with Crippen LogP contribution in [0.15, 0.2) is 30.3 Å². The van der Waals surface area contributed by atoms with Crippen LogP contribution >= 0.6 is 0 Å². The molecule has 0 aliphatic heterocycles. The Morgan fingerprint density at radius 2 is 1.75 bits per heavy atom. The second-order valence-electron chi connectivity index (χ2n) is 4.95. The third-order valence-corrected chi connectivity index (χ3v) is 3.25. The summed E-state index contributed by atoms with van der Waals surface area (Å²) in [4.78, 5) is 0. The molecule has 1 heteroatoms. The third-order valence-electron chi connectivity index (χ3n) is 3.25. The molecule has 1 aromatic rings. The average molecular weight is 219 g/mol. The molecule has 2 atom stereocenters. The lowest BCUT2D eigenvalue weighted by atomic mass is 9.85. The second-order valence-corrected chi connectivity index (χ2v) is 4.95. The van der Waals surface area contributed by atoms with Crippen LogP contribution in [0.5, 0.6) is 0 Å². The van der Waals surface area contributed by atoms with Crippen molar-refractivity contribution in [2.45, 2.75) is 45.6 Å². The maximum absolute atomic E-state index is 3.48. The van der Waals surface area contributed by atoms with Gasteiger partial charge in [-0.25, -0.2) is 0 Å². The monoisotopic (exact) mass is 219 g/mol. The van der Waals surface area contributed by atoms with Crippen LogP contribution in [-0.2, 0) is 0 Å². The average Bonchev–Trinajstić information content (AvgIpc) is 2.29. The molecule has 0 heterocycles. The van der Waals surface area contributed by atoms with Gasteiger partial charge in [-0.05, 0) is 37.3 Å². The van der Waals surface area contributed by atoms with Gasteiger partial charge in [-0.15, -0.1) is 0 Å². The van der Waals surface area contributed by atoms with Crippen molar-refractivity contribution in [3.05, 3.63) is 35.9 Å². The van der Waals surface area contributed by atoms with Crippen LogP contribution in [0.3, 0.4) is 0 Å². The minimum atomic E-state index is 0.590. The predicted molar refractivity (Wildman–Crippen MR) is 71.8 cm³/mol. The van der Waals surface area contributed by atoms with E-state index in [9.17, 15) is 0 Å². The van der Waals surface area contributed by atoms with E-state index in [2.05, 4.69) is 63.5 Å². The molecule has 1 rings (SSSR count). The van der Waals surface area contributed by atoms with Gasteiger partial charge >= 0.3 is 0 Å². The summed E-state index contributed by atoms with van der Waals surface area (Å²) in [6.45, 7) is 6.87. The minimum Gasteiger partial charge on any atom is -0.316 e. The zero-order chi connectivity index (χ0) is 12.0. The number of nitrogens with one attached hydrogen (secondary N) is 1. The molecule has 0 saturated heterocycles. The molecule has 2 unspecified atom stereocenters. The number of likely N-dealkylation sites (N-methyl/N-ethyl adjacent to an activating group) is 1. The topological polar surface area (TPSA) is 12.0 Å². The van der Waals surface area contributed by atoms with Crippen LogP contribution < -0.4 is 5.32 Å². The van der Waals surface area contributed by atoms with Crippen LogP contribution in [0.4, 0.5) is 0 Å². The van der Waals surface area contributed by atoms with Gasteiger partial charge in [-0.2, -0.15) is 0 Å². The molecule has 0 saturated carbocycles. The van der Waals surface area contributed by atoms with Crippen molar-refractivity contribution in [3.63, 3.8) is 0 Å². The molecule has 0 radical (unpaired) electrons. The fourth-order valence-electron chi connectivity index (χ4n) is 2.44. The predicted octanol–water partition coefficient (Wildman–Crippen LogP) is 3.81. The fraction of sp³-hybridized carbons (Fsp3) is 0.600. The number of rotatable bonds is 6. The first-order valence-electron chi connectivity index (χ1n) is 6.41. The van der Waals surface area contributed by atoms with Crippen molar-refractivity contribution in [1.29, 1.82) is 0 Å². The summed E-state index contributed by atoms with van der Waals surface area (Å²) >= 11 is 0. The highest BCUT2D eigenvalue weighted by atomic mass is 14.9. The highest BCUT2D eigenvalue weighted by molar-refractivity contribution is 5.21. The van der Waals surface area contributed by atoms with Gasteiger partial charge in [0.25, 0.3) is 0 Å². The van der Waals surface area contributed by atoms with Crippen LogP contribution in [0.25, 0.3) is 0 Å². The van der Waals surface area contributed by atoms with Crippen molar-refractivity contribution >= 4 is 0 Å². The van der Waals surface area contributed by atoms with Gasteiger partial charge < -0.3 is 5.32 Å². The van der Waals surface area contributed by atoms with Gasteiger partial charge in [0.1, 0.15) is 0 Å². The Hall–Kier alpha value is -0.820. The summed E-state index contributed by atoms with van der Waals surface area (Å²) in [6.07, 6.45) is 2.44. The van der Waals surface area contributed by atoms with Gasteiger partial charge in [0, 0.05) is 6.04 Å². The maximum Gasteiger partial charge on any atom is 0.0135 e. The molecule has 90 valence electrons. The van der Waals surface area contributed by atoms with E-state index in [0.717, 1.165) is 5.92 Å². The molecular formula is C15H25N. The highest BCUT2D eigenvalue weighted by Gasteiger charge is 2.20. The van der Waals surface area contributed by atoms with E-state index in [1.165, 1.54) is 18.4 Å². The van der Waals surface area contributed by atoms with Crippen LogP contribution in [0.1, 0.15) is 45.1 Å². The van der Waals surface area contributed by atoms with Crippen molar-refractivity contribution < 1.29 is 0 Å². The summed E-state index contributed by atoms with van der Waals surface area (Å²) in [5.74, 6) is 1.38. The standard InChI is InChI=1S/C15H25N/c1-5-14(13-9-7-6-8-10-13)15(16-4)11-12(2)3/h6-10,12,14-16H,5,11H2,1-4H3. The summed E-state index contributed by atoms with van der Waals surface area (Å²) in [6, 6.07) is 11.5. The van der Waals surface area contributed by atoms with Gasteiger partial charge in [0.2, 0.25) is 0 Å². The van der Waals surface area contributed by atoms with Gasteiger partial charge in [-0.1, -0.05) is 51.1 Å². The Bertz CT molecular complexity index is 279. The molecule has 0 fully saturated rings. The van der Waals surface area contributed by atoms with E-state index in [0.29, 0.717) is 12.0 Å². The molecule has 1 nitrogen and oxygen atoms in total. The van der Waals surface area contributed by atoms with E-state index >= 15 is 0 Å². The van der Waals surface area contributed by atoms with Crippen LogP contribution in [0, 0.1) is 5.92 Å². The van der Waals surface area contributed by atoms with E-state index in [-0.39, 0.29) is 0 Å². The Morgan fingerprint density at radius 3 is 2.19 bits per heavy atom. The Kier molecular flexibility index (Phi) is 5.54. The lowest BCUT2D eigenvalue weighted by molar-refractivity contribution is 0.377. The molecule has 0 spiro atoms. The molecule has 0 bridgehead atoms. The maximum atomic E-state index is 3.48. The zero-order valence-electron chi connectivity index (χ0n) is 11.0. The van der Waals surface area contributed by atoms with Crippen LogP contribution in [-0.4, -0.2) is 13.1 Å². The summed E-state index contributed by atoms with van der Waals surface area (Å²) in [5.41, 5.74) is 1.46. The van der Waals surface area contributed by atoms with Crippen molar-refractivity contribution in [2.75, 3.05) is 7.05 Å². The van der Waals surface area contributed by atoms with Crippen molar-refractivity contribution in [2.24, 2.45) is 5.92 Å². The summed E-state index contributed by atoms with van der Waals surface area (Å²) < 4.78 is 0. The summed E-state index contributed by atoms with van der Waals surface area (Å²) in [7, 11) is 2.08. The third kappa shape index (κ3) is 3.64. The zero-order valence-corrected chi connectivity index (χ0v) is 11.0. The smallest absolute Gasteiger partial charge is 0.0135 e.